The molecule has 0 aromatic heterocycles. The molecule has 0 aliphatic rings. The average molecular weight is 280 g/mol. The number of carbonyl (C=O) groups is 2. The van der Waals surface area contributed by atoms with Gasteiger partial charge in [0, 0.05) is 16.8 Å². The molecule has 0 heterocycles. The van der Waals surface area contributed by atoms with Gasteiger partial charge in [0.05, 0.1) is 6.61 Å². The summed E-state index contributed by atoms with van der Waals surface area (Å²) >= 11 is 0. The van der Waals surface area contributed by atoms with Crippen molar-refractivity contribution >= 4 is 23.4 Å². The van der Waals surface area contributed by atoms with E-state index in [0.29, 0.717) is 11.4 Å². The molecule has 0 radical (unpaired) electrons. The van der Waals surface area contributed by atoms with Crippen molar-refractivity contribution in [1.82, 2.24) is 0 Å². The maximum Gasteiger partial charge on any atom is 0.411 e. The van der Waals surface area contributed by atoms with Crippen molar-refractivity contribution in [2.75, 3.05) is 23.8 Å². The van der Waals surface area contributed by atoms with Gasteiger partial charge in [-0.15, -0.1) is 0 Å². The molecule has 0 saturated carbocycles. The highest BCUT2D eigenvalue weighted by Gasteiger charge is 2.20. The molecule has 20 heavy (non-hydrogen) atoms. The Labute approximate surface area is 118 Å². The minimum absolute atomic E-state index is 0.0500. The molecule has 1 aromatic carbocycles. The molecular weight excluding hydrogens is 260 g/mol. The summed E-state index contributed by atoms with van der Waals surface area (Å²) in [5, 5.41) is 13.8. The molecule has 0 spiro atoms. The molecular formula is C14H20N2O4. The van der Waals surface area contributed by atoms with Gasteiger partial charge < -0.3 is 15.2 Å². The minimum Gasteiger partial charge on any atom is -0.447 e. The summed E-state index contributed by atoms with van der Waals surface area (Å²) in [4.78, 5) is 23.0. The van der Waals surface area contributed by atoms with Crippen molar-refractivity contribution in [3.8, 4) is 0 Å². The Morgan fingerprint density at radius 3 is 2.05 bits per heavy atom. The average Bonchev–Trinajstić information content (AvgIpc) is 2.37. The maximum absolute atomic E-state index is 11.8. The van der Waals surface area contributed by atoms with Gasteiger partial charge in [0.15, 0.2) is 0 Å². The second-order valence-corrected chi connectivity index (χ2v) is 5.27. The van der Waals surface area contributed by atoms with E-state index in [4.69, 9.17) is 5.11 Å². The van der Waals surface area contributed by atoms with Crippen LogP contribution in [0.1, 0.15) is 20.8 Å². The van der Waals surface area contributed by atoms with Crippen LogP contribution in [-0.4, -0.2) is 30.3 Å². The van der Waals surface area contributed by atoms with Gasteiger partial charge in [-0.2, -0.15) is 0 Å². The van der Waals surface area contributed by atoms with Crippen molar-refractivity contribution < 1.29 is 19.4 Å². The van der Waals surface area contributed by atoms with Crippen molar-refractivity contribution in [1.29, 1.82) is 0 Å². The summed E-state index contributed by atoms with van der Waals surface area (Å²) in [6.45, 7) is 5.22. The van der Waals surface area contributed by atoms with Crippen LogP contribution in [-0.2, 0) is 9.53 Å². The molecule has 0 saturated heterocycles. The van der Waals surface area contributed by atoms with E-state index in [0.717, 1.165) is 0 Å². The maximum atomic E-state index is 11.8. The Hall–Kier alpha value is -2.08. The lowest BCUT2D eigenvalue weighted by Gasteiger charge is -2.17. The van der Waals surface area contributed by atoms with E-state index >= 15 is 0 Å². The fourth-order valence-electron chi connectivity index (χ4n) is 1.25. The first kappa shape index (κ1) is 16.0. The third-order valence-corrected chi connectivity index (χ3v) is 2.39. The summed E-state index contributed by atoms with van der Waals surface area (Å²) in [6, 6.07) is 6.67. The number of benzene rings is 1. The zero-order valence-electron chi connectivity index (χ0n) is 11.9. The van der Waals surface area contributed by atoms with Crippen molar-refractivity contribution in [2.45, 2.75) is 20.8 Å². The molecule has 6 heteroatoms. The van der Waals surface area contributed by atoms with Gasteiger partial charge in [-0.1, -0.05) is 20.8 Å². The number of carbonyl (C=O) groups excluding carboxylic acids is 2. The molecule has 6 nitrogen and oxygen atoms in total. The molecule has 0 fully saturated rings. The summed E-state index contributed by atoms with van der Waals surface area (Å²) in [5.74, 6) is -0.0828. The lowest BCUT2D eigenvalue weighted by atomic mass is 9.95. The fourth-order valence-corrected chi connectivity index (χ4v) is 1.25. The number of hydrogen-bond donors (Lipinski definition) is 3. The summed E-state index contributed by atoms with van der Waals surface area (Å²) in [5.41, 5.74) is 0.728. The molecule has 0 bridgehead atoms. The molecule has 1 rings (SSSR count). The molecule has 3 N–H and O–H groups in total. The normalized spacial score (nSPS) is 10.8. The van der Waals surface area contributed by atoms with Gasteiger partial charge in [-0.3, -0.25) is 10.1 Å². The van der Waals surface area contributed by atoms with Crippen LogP contribution in [0.4, 0.5) is 16.2 Å². The second-order valence-electron chi connectivity index (χ2n) is 5.27. The molecule has 0 atom stereocenters. The standard InChI is InChI=1S/C14H20N2O4/c1-14(2,3)12(18)15-10-4-6-11(7-5-10)16-13(19)20-9-8-17/h4-7,17H,8-9H2,1-3H3,(H,15,18)(H,16,19). The third kappa shape index (κ3) is 5.27. The molecule has 0 aliphatic carbocycles. The second kappa shape index (κ2) is 6.91. The number of rotatable bonds is 4. The first-order valence-corrected chi connectivity index (χ1v) is 6.29. The zero-order chi connectivity index (χ0) is 15.2. The Bertz CT molecular complexity index is 463. The Morgan fingerprint density at radius 2 is 1.60 bits per heavy atom. The molecule has 0 aliphatic heterocycles. The largest absolute Gasteiger partial charge is 0.447 e. The van der Waals surface area contributed by atoms with Crippen LogP contribution >= 0.6 is 0 Å². The number of aliphatic hydroxyl groups is 1. The van der Waals surface area contributed by atoms with Crippen LogP contribution in [0.5, 0.6) is 0 Å². The summed E-state index contributed by atoms with van der Waals surface area (Å²) < 4.78 is 4.66. The van der Waals surface area contributed by atoms with Crippen molar-refractivity contribution in [3.63, 3.8) is 0 Å². The van der Waals surface area contributed by atoms with E-state index in [1.54, 1.807) is 24.3 Å². The van der Waals surface area contributed by atoms with Gasteiger partial charge >= 0.3 is 6.09 Å². The van der Waals surface area contributed by atoms with Gasteiger partial charge in [-0.25, -0.2) is 4.79 Å². The van der Waals surface area contributed by atoms with E-state index in [9.17, 15) is 9.59 Å². The van der Waals surface area contributed by atoms with Gasteiger partial charge in [0.1, 0.15) is 6.61 Å². The molecule has 2 amide bonds. The van der Waals surface area contributed by atoms with E-state index in [1.165, 1.54) is 0 Å². The van der Waals surface area contributed by atoms with Gasteiger partial charge in [0.25, 0.3) is 0 Å². The van der Waals surface area contributed by atoms with E-state index in [1.807, 2.05) is 20.8 Å². The van der Waals surface area contributed by atoms with Crippen molar-refractivity contribution in [3.05, 3.63) is 24.3 Å². The quantitative estimate of drug-likeness (QED) is 0.789. The predicted octanol–water partition coefficient (Wildman–Crippen LogP) is 2.21. The zero-order valence-corrected chi connectivity index (χ0v) is 11.9. The van der Waals surface area contributed by atoms with Crippen LogP contribution in [0.25, 0.3) is 0 Å². The lowest BCUT2D eigenvalue weighted by molar-refractivity contribution is -0.123. The highest BCUT2D eigenvalue weighted by molar-refractivity contribution is 5.94. The monoisotopic (exact) mass is 280 g/mol. The van der Waals surface area contributed by atoms with E-state index in [2.05, 4.69) is 15.4 Å². The first-order chi connectivity index (χ1) is 9.32. The Balaban J connectivity index is 2.56. The third-order valence-electron chi connectivity index (χ3n) is 2.39. The molecule has 0 unspecified atom stereocenters. The highest BCUT2D eigenvalue weighted by Crippen LogP contribution is 2.19. The van der Waals surface area contributed by atoms with Crippen LogP contribution in [0.15, 0.2) is 24.3 Å². The lowest BCUT2D eigenvalue weighted by Crippen LogP contribution is -2.27. The smallest absolute Gasteiger partial charge is 0.411 e. The molecule has 110 valence electrons. The fraction of sp³-hybridized carbons (Fsp3) is 0.429. The van der Waals surface area contributed by atoms with Gasteiger partial charge in [0.2, 0.25) is 5.91 Å². The van der Waals surface area contributed by atoms with Crippen LogP contribution in [0.3, 0.4) is 0 Å². The van der Waals surface area contributed by atoms with Gasteiger partial charge in [-0.05, 0) is 24.3 Å². The number of anilines is 2. The highest BCUT2D eigenvalue weighted by atomic mass is 16.6. The first-order valence-electron chi connectivity index (χ1n) is 6.29. The van der Waals surface area contributed by atoms with E-state index in [-0.39, 0.29) is 19.1 Å². The van der Waals surface area contributed by atoms with Crippen LogP contribution in [0.2, 0.25) is 0 Å². The topological polar surface area (TPSA) is 87.7 Å². The number of aliphatic hydroxyl groups excluding tert-OH is 1. The van der Waals surface area contributed by atoms with Crippen LogP contribution < -0.4 is 10.6 Å². The number of nitrogens with one attached hydrogen (secondary N) is 2. The van der Waals surface area contributed by atoms with Crippen LogP contribution in [0, 0.1) is 5.41 Å². The molecule has 1 aromatic rings. The van der Waals surface area contributed by atoms with E-state index < -0.39 is 11.5 Å². The summed E-state index contributed by atoms with van der Waals surface area (Å²) in [7, 11) is 0. The predicted molar refractivity (Wildman–Crippen MR) is 76.6 cm³/mol. The number of hydrogen-bond acceptors (Lipinski definition) is 4. The minimum atomic E-state index is -0.634. The SMILES string of the molecule is CC(C)(C)C(=O)Nc1ccc(NC(=O)OCCO)cc1. The number of amides is 2. The van der Waals surface area contributed by atoms with Crippen molar-refractivity contribution in [2.24, 2.45) is 5.41 Å². The summed E-state index contributed by atoms with van der Waals surface area (Å²) in [6.07, 6.45) is -0.634. The number of ether oxygens (including phenoxy) is 1. The Kier molecular flexibility index (Phi) is 5.52. The Morgan fingerprint density at radius 1 is 1.10 bits per heavy atom.